The van der Waals surface area contributed by atoms with Gasteiger partial charge in [0.25, 0.3) is 0 Å². The van der Waals surface area contributed by atoms with Crippen molar-refractivity contribution in [3.05, 3.63) is 41.2 Å². The number of hydrogen-bond donors (Lipinski definition) is 1. The van der Waals surface area contributed by atoms with Gasteiger partial charge in [-0.25, -0.2) is 4.79 Å². The van der Waals surface area contributed by atoms with Gasteiger partial charge in [-0.2, -0.15) is 5.10 Å². The average Bonchev–Trinajstić information content (AvgIpc) is 2.71. The number of aromatic nitrogens is 2. The zero-order chi connectivity index (χ0) is 14.2. The van der Waals surface area contributed by atoms with E-state index in [4.69, 9.17) is 5.11 Å². The molecular weight excluding hydrogens is 240 g/mol. The second-order valence-electron chi connectivity index (χ2n) is 5.09. The van der Waals surface area contributed by atoms with Crippen LogP contribution in [-0.2, 0) is 7.05 Å². The van der Waals surface area contributed by atoms with Crippen molar-refractivity contribution >= 4 is 5.97 Å². The Morgan fingerprint density at radius 2 is 2.00 bits per heavy atom. The van der Waals surface area contributed by atoms with E-state index in [1.807, 2.05) is 26.2 Å². The molecule has 1 N–H and O–H groups in total. The molecule has 0 radical (unpaired) electrons. The summed E-state index contributed by atoms with van der Waals surface area (Å²) < 4.78 is 1.78. The van der Waals surface area contributed by atoms with E-state index in [1.54, 1.807) is 16.8 Å². The summed E-state index contributed by atoms with van der Waals surface area (Å²) in [6, 6.07) is 5.20. The van der Waals surface area contributed by atoms with E-state index in [-0.39, 0.29) is 0 Å². The number of aryl methyl sites for hydroxylation is 2. The van der Waals surface area contributed by atoms with Crippen LogP contribution in [0, 0.1) is 6.92 Å². The maximum atomic E-state index is 11.1. The van der Waals surface area contributed by atoms with Gasteiger partial charge in [-0.1, -0.05) is 19.9 Å². The van der Waals surface area contributed by atoms with Crippen molar-refractivity contribution in [2.45, 2.75) is 26.7 Å². The van der Waals surface area contributed by atoms with Crippen molar-refractivity contribution in [3.63, 3.8) is 0 Å². The molecule has 19 heavy (non-hydrogen) atoms. The maximum Gasteiger partial charge on any atom is 0.335 e. The summed E-state index contributed by atoms with van der Waals surface area (Å²) in [5.74, 6) is -0.611. The lowest BCUT2D eigenvalue weighted by molar-refractivity contribution is 0.0697. The number of benzene rings is 1. The third kappa shape index (κ3) is 2.52. The first-order valence-corrected chi connectivity index (χ1v) is 6.28. The van der Waals surface area contributed by atoms with Crippen LogP contribution in [0.4, 0.5) is 0 Å². The highest BCUT2D eigenvalue weighted by Crippen LogP contribution is 2.31. The quantitative estimate of drug-likeness (QED) is 0.919. The van der Waals surface area contributed by atoms with Gasteiger partial charge in [-0.3, -0.25) is 4.68 Å². The minimum Gasteiger partial charge on any atom is -0.478 e. The number of aromatic carboxylic acids is 1. The molecule has 0 aliphatic rings. The summed E-state index contributed by atoms with van der Waals surface area (Å²) in [6.45, 7) is 6.16. The lowest BCUT2D eigenvalue weighted by Crippen LogP contribution is -1.98. The predicted octanol–water partition coefficient (Wildman–Crippen LogP) is 3.22. The Labute approximate surface area is 112 Å². The fourth-order valence-electron chi connectivity index (χ4n) is 2.18. The largest absolute Gasteiger partial charge is 0.478 e. The summed E-state index contributed by atoms with van der Waals surface area (Å²) in [6.07, 6.45) is 1.95. The first-order chi connectivity index (χ1) is 8.90. The van der Waals surface area contributed by atoms with Crippen LogP contribution in [0.1, 0.15) is 41.4 Å². The molecule has 4 nitrogen and oxygen atoms in total. The van der Waals surface area contributed by atoms with Gasteiger partial charge in [0.15, 0.2) is 0 Å². The molecular formula is C15H18N2O2. The molecule has 0 aliphatic heterocycles. The minimum absolute atomic E-state index is 0.295. The number of carboxylic acid groups (broad SMARTS) is 1. The molecule has 0 saturated carbocycles. The molecule has 0 amide bonds. The van der Waals surface area contributed by atoms with Crippen molar-refractivity contribution < 1.29 is 9.90 Å². The summed E-state index contributed by atoms with van der Waals surface area (Å²) >= 11 is 0. The van der Waals surface area contributed by atoms with Gasteiger partial charge in [-0.15, -0.1) is 0 Å². The Morgan fingerprint density at radius 1 is 1.32 bits per heavy atom. The molecule has 0 saturated heterocycles. The van der Waals surface area contributed by atoms with E-state index >= 15 is 0 Å². The van der Waals surface area contributed by atoms with Crippen molar-refractivity contribution in [1.29, 1.82) is 0 Å². The van der Waals surface area contributed by atoms with Crippen LogP contribution in [0.25, 0.3) is 11.1 Å². The first-order valence-electron chi connectivity index (χ1n) is 6.28. The van der Waals surface area contributed by atoms with Crippen LogP contribution in [0.3, 0.4) is 0 Å². The van der Waals surface area contributed by atoms with Gasteiger partial charge in [0, 0.05) is 18.8 Å². The lowest BCUT2D eigenvalue weighted by Gasteiger charge is -2.09. The fraction of sp³-hybridized carbons (Fsp3) is 0.333. The summed E-state index contributed by atoms with van der Waals surface area (Å²) in [5.41, 5.74) is 4.31. The highest BCUT2D eigenvalue weighted by molar-refractivity contribution is 5.90. The van der Waals surface area contributed by atoms with Gasteiger partial charge in [0.2, 0.25) is 0 Å². The third-order valence-electron chi connectivity index (χ3n) is 3.18. The molecule has 0 unspecified atom stereocenters. The van der Waals surface area contributed by atoms with Crippen LogP contribution < -0.4 is 0 Å². The van der Waals surface area contributed by atoms with Crippen LogP contribution in [-0.4, -0.2) is 20.9 Å². The summed E-state index contributed by atoms with van der Waals surface area (Å²) in [5, 5.41) is 13.6. The molecule has 1 aromatic heterocycles. The molecule has 1 heterocycles. The minimum atomic E-state index is -0.906. The van der Waals surface area contributed by atoms with E-state index in [0.29, 0.717) is 11.5 Å². The van der Waals surface area contributed by atoms with Crippen molar-refractivity contribution in [1.82, 2.24) is 9.78 Å². The number of carboxylic acids is 1. The van der Waals surface area contributed by atoms with E-state index in [1.165, 1.54) is 0 Å². The van der Waals surface area contributed by atoms with Gasteiger partial charge < -0.3 is 5.11 Å². The molecule has 0 bridgehead atoms. The molecule has 0 atom stereocenters. The Kier molecular flexibility index (Phi) is 3.42. The van der Waals surface area contributed by atoms with E-state index in [2.05, 4.69) is 18.9 Å². The molecule has 4 heteroatoms. The highest BCUT2D eigenvalue weighted by Gasteiger charge is 2.16. The van der Waals surface area contributed by atoms with E-state index in [9.17, 15) is 4.79 Å². The number of nitrogens with zero attached hydrogens (tertiary/aromatic N) is 2. The van der Waals surface area contributed by atoms with Gasteiger partial charge in [0.1, 0.15) is 0 Å². The topological polar surface area (TPSA) is 55.1 Å². The summed E-state index contributed by atoms with van der Waals surface area (Å²) in [7, 11) is 1.88. The molecule has 1 aromatic carbocycles. The van der Waals surface area contributed by atoms with Crippen molar-refractivity contribution in [3.8, 4) is 11.1 Å². The second kappa shape index (κ2) is 4.88. The number of carbonyl (C=O) groups is 1. The van der Waals surface area contributed by atoms with Gasteiger partial charge >= 0.3 is 5.97 Å². The zero-order valence-electron chi connectivity index (χ0n) is 11.6. The van der Waals surface area contributed by atoms with Crippen molar-refractivity contribution in [2.75, 3.05) is 0 Å². The number of hydrogen-bond acceptors (Lipinski definition) is 2. The molecule has 100 valence electrons. The average molecular weight is 258 g/mol. The number of rotatable bonds is 3. The molecule has 0 fully saturated rings. The van der Waals surface area contributed by atoms with Crippen LogP contribution in [0.5, 0.6) is 0 Å². The Morgan fingerprint density at radius 3 is 2.58 bits per heavy atom. The smallest absolute Gasteiger partial charge is 0.335 e. The van der Waals surface area contributed by atoms with E-state index in [0.717, 1.165) is 22.4 Å². The maximum absolute atomic E-state index is 11.1. The van der Waals surface area contributed by atoms with Gasteiger partial charge in [-0.05, 0) is 36.1 Å². The second-order valence-corrected chi connectivity index (χ2v) is 5.09. The predicted molar refractivity (Wildman–Crippen MR) is 74.4 cm³/mol. The normalized spacial score (nSPS) is 11.0. The molecule has 0 aliphatic carbocycles. The zero-order valence-corrected chi connectivity index (χ0v) is 11.6. The molecule has 0 spiro atoms. The SMILES string of the molecule is Cc1ccc(C(=O)O)cc1-c1cn(C)nc1C(C)C. The van der Waals surface area contributed by atoms with Crippen LogP contribution in [0.15, 0.2) is 24.4 Å². The fourth-order valence-corrected chi connectivity index (χ4v) is 2.18. The van der Waals surface area contributed by atoms with Crippen LogP contribution in [0.2, 0.25) is 0 Å². The molecule has 2 rings (SSSR count). The standard InChI is InChI=1S/C15H18N2O2/c1-9(2)14-13(8-17(4)16-14)12-7-11(15(18)19)6-5-10(12)3/h5-9H,1-4H3,(H,18,19). The van der Waals surface area contributed by atoms with Crippen LogP contribution >= 0.6 is 0 Å². The van der Waals surface area contributed by atoms with Gasteiger partial charge in [0.05, 0.1) is 11.3 Å². The summed E-state index contributed by atoms with van der Waals surface area (Å²) in [4.78, 5) is 11.1. The first kappa shape index (κ1) is 13.3. The Bertz CT molecular complexity index is 627. The Hall–Kier alpha value is -2.10. The van der Waals surface area contributed by atoms with E-state index < -0.39 is 5.97 Å². The molecule has 2 aromatic rings. The Balaban J connectivity index is 2.64. The van der Waals surface area contributed by atoms with Crippen molar-refractivity contribution in [2.24, 2.45) is 7.05 Å². The lowest BCUT2D eigenvalue weighted by atomic mass is 9.95. The highest BCUT2D eigenvalue weighted by atomic mass is 16.4. The monoisotopic (exact) mass is 258 g/mol. The third-order valence-corrected chi connectivity index (χ3v) is 3.18.